The minimum absolute atomic E-state index is 0.390. The van der Waals surface area contributed by atoms with Crippen molar-refractivity contribution in [3.8, 4) is 11.3 Å². The standard InChI is InChI=1S/C15H17NO3/c1-10-12(14(17)18-15(2,3)4)13(16-19-10)11-8-6-5-7-9-11/h5-9H,1-4H3. The summed E-state index contributed by atoms with van der Waals surface area (Å²) in [6.45, 7) is 7.19. The molecule has 0 fully saturated rings. The summed E-state index contributed by atoms with van der Waals surface area (Å²) in [6.07, 6.45) is 0. The molecule has 1 heterocycles. The van der Waals surface area contributed by atoms with Crippen LogP contribution in [0.2, 0.25) is 0 Å². The van der Waals surface area contributed by atoms with Crippen molar-refractivity contribution >= 4 is 5.97 Å². The van der Waals surface area contributed by atoms with Gasteiger partial charge in [0, 0.05) is 5.56 Å². The van der Waals surface area contributed by atoms with Crippen molar-refractivity contribution < 1.29 is 14.1 Å². The first-order valence-electron chi connectivity index (χ1n) is 6.13. The highest BCUT2D eigenvalue weighted by Gasteiger charge is 2.26. The van der Waals surface area contributed by atoms with Gasteiger partial charge in [-0.3, -0.25) is 0 Å². The topological polar surface area (TPSA) is 52.3 Å². The number of hydrogen-bond donors (Lipinski definition) is 0. The fourth-order valence-electron chi connectivity index (χ4n) is 1.73. The molecular weight excluding hydrogens is 242 g/mol. The molecule has 0 atom stereocenters. The summed E-state index contributed by atoms with van der Waals surface area (Å²) >= 11 is 0. The third-order valence-corrected chi connectivity index (χ3v) is 2.51. The van der Waals surface area contributed by atoms with E-state index >= 15 is 0 Å². The molecule has 0 radical (unpaired) electrons. The van der Waals surface area contributed by atoms with Gasteiger partial charge in [0.15, 0.2) is 0 Å². The number of ether oxygens (including phenoxy) is 1. The molecule has 0 unspecified atom stereocenters. The summed E-state index contributed by atoms with van der Waals surface area (Å²) in [5.74, 6) is 0.0539. The van der Waals surface area contributed by atoms with E-state index in [0.29, 0.717) is 17.0 Å². The lowest BCUT2D eigenvalue weighted by Crippen LogP contribution is -2.24. The molecule has 1 aromatic carbocycles. The van der Waals surface area contributed by atoms with Gasteiger partial charge in [-0.15, -0.1) is 0 Å². The van der Waals surface area contributed by atoms with Gasteiger partial charge in [-0.05, 0) is 27.7 Å². The van der Waals surface area contributed by atoms with E-state index in [0.717, 1.165) is 5.56 Å². The molecule has 4 heteroatoms. The first-order chi connectivity index (χ1) is 8.88. The third kappa shape index (κ3) is 3.02. The molecular formula is C15H17NO3. The first-order valence-corrected chi connectivity index (χ1v) is 6.13. The number of hydrogen-bond acceptors (Lipinski definition) is 4. The average Bonchev–Trinajstić information content (AvgIpc) is 2.70. The Kier molecular flexibility index (Phi) is 3.42. The van der Waals surface area contributed by atoms with Crippen LogP contribution in [-0.4, -0.2) is 16.7 Å². The Morgan fingerprint density at radius 1 is 1.21 bits per heavy atom. The number of carbonyl (C=O) groups excluding carboxylic acids is 1. The number of nitrogens with zero attached hydrogens (tertiary/aromatic N) is 1. The molecule has 0 aliphatic carbocycles. The number of benzene rings is 1. The molecule has 0 aliphatic rings. The Morgan fingerprint density at radius 2 is 1.84 bits per heavy atom. The zero-order valence-electron chi connectivity index (χ0n) is 11.6. The Bertz CT molecular complexity index is 579. The van der Waals surface area contributed by atoms with Crippen LogP contribution >= 0.6 is 0 Å². The largest absolute Gasteiger partial charge is 0.456 e. The molecule has 2 rings (SSSR count). The predicted octanol–water partition coefficient (Wildman–Crippen LogP) is 3.61. The van der Waals surface area contributed by atoms with E-state index in [1.165, 1.54) is 0 Å². The molecule has 2 aromatic rings. The van der Waals surface area contributed by atoms with Crippen LogP contribution < -0.4 is 0 Å². The van der Waals surface area contributed by atoms with E-state index in [1.807, 2.05) is 51.1 Å². The maximum absolute atomic E-state index is 12.2. The van der Waals surface area contributed by atoms with E-state index in [2.05, 4.69) is 5.16 Å². The third-order valence-electron chi connectivity index (χ3n) is 2.51. The second-order valence-corrected chi connectivity index (χ2v) is 5.33. The molecule has 19 heavy (non-hydrogen) atoms. The number of aryl methyl sites for hydroxylation is 1. The zero-order chi connectivity index (χ0) is 14.0. The van der Waals surface area contributed by atoms with Gasteiger partial charge >= 0.3 is 5.97 Å². The van der Waals surface area contributed by atoms with Crippen LogP contribution in [0.3, 0.4) is 0 Å². The van der Waals surface area contributed by atoms with Crippen LogP contribution in [0, 0.1) is 6.92 Å². The molecule has 0 bridgehead atoms. The minimum atomic E-state index is -0.547. The highest BCUT2D eigenvalue weighted by atomic mass is 16.6. The Balaban J connectivity index is 2.42. The number of carbonyl (C=O) groups is 1. The monoisotopic (exact) mass is 259 g/mol. The number of aromatic nitrogens is 1. The Labute approximate surface area is 112 Å². The smallest absolute Gasteiger partial charge is 0.344 e. The Hall–Kier alpha value is -2.10. The van der Waals surface area contributed by atoms with Crippen LogP contribution in [0.15, 0.2) is 34.9 Å². The lowest BCUT2D eigenvalue weighted by atomic mass is 10.1. The van der Waals surface area contributed by atoms with Crippen LogP contribution in [0.4, 0.5) is 0 Å². The van der Waals surface area contributed by atoms with E-state index in [1.54, 1.807) is 6.92 Å². The molecule has 0 saturated heterocycles. The van der Waals surface area contributed by atoms with Gasteiger partial charge < -0.3 is 9.26 Å². The minimum Gasteiger partial charge on any atom is -0.456 e. The second-order valence-electron chi connectivity index (χ2n) is 5.33. The van der Waals surface area contributed by atoms with Crippen molar-refractivity contribution in [2.75, 3.05) is 0 Å². The fraction of sp³-hybridized carbons (Fsp3) is 0.333. The predicted molar refractivity (Wildman–Crippen MR) is 71.8 cm³/mol. The van der Waals surface area contributed by atoms with Crippen molar-refractivity contribution in [2.45, 2.75) is 33.3 Å². The molecule has 0 saturated carbocycles. The van der Waals surface area contributed by atoms with Crippen LogP contribution in [0.5, 0.6) is 0 Å². The lowest BCUT2D eigenvalue weighted by Gasteiger charge is -2.19. The Morgan fingerprint density at radius 3 is 2.42 bits per heavy atom. The van der Waals surface area contributed by atoms with Crippen molar-refractivity contribution in [3.63, 3.8) is 0 Å². The van der Waals surface area contributed by atoms with Gasteiger partial charge in [0.1, 0.15) is 22.6 Å². The van der Waals surface area contributed by atoms with Gasteiger partial charge in [0.05, 0.1) is 0 Å². The summed E-state index contributed by atoms with van der Waals surface area (Å²) in [5, 5.41) is 3.96. The highest BCUT2D eigenvalue weighted by molar-refractivity contribution is 5.97. The van der Waals surface area contributed by atoms with Gasteiger partial charge in [-0.25, -0.2) is 4.79 Å². The highest BCUT2D eigenvalue weighted by Crippen LogP contribution is 2.26. The summed E-state index contributed by atoms with van der Waals surface area (Å²) in [4.78, 5) is 12.2. The van der Waals surface area contributed by atoms with Crippen LogP contribution in [0.25, 0.3) is 11.3 Å². The number of esters is 1. The van der Waals surface area contributed by atoms with E-state index in [-0.39, 0.29) is 0 Å². The molecule has 0 amide bonds. The lowest BCUT2D eigenvalue weighted by molar-refractivity contribution is 0.00686. The van der Waals surface area contributed by atoms with Gasteiger partial charge in [0.25, 0.3) is 0 Å². The van der Waals surface area contributed by atoms with Crippen molar-refractivity contribution in [3.05, 3.63) is 41.7 Å². The van der Waals surface area contributed by atoms with Gasteiger partial charge in [0.2, 0.25) is 0 Å². The van der Waals surface area contributed by atoms with Gasteiger partial charge in [-0.2, -0.15) is 0 Å². The van der Waals surface area contributed by atoms with E-state index < -0.39 is 11.6 Å². The molecule has 4 nitrogen and oxygen atoms in total. The molecule has 0 aliphatic heterocycles. The molecule has 1 aromatic heterocycles. The van der Waals surface area contributed by atoms with Crippen LogP contribution in [-0.2, 0) is 4.74 Å². The zero-order valence-corrected chi connectivity index (χ0v) is 11.6. The van der Waals surface area contributed by atoms with Crippen molar-refractivity contribution in [2.24, 2.45) is 0 Å². The van der Waals surface area contributed by atoms with Crippen molar-refractivity contribution in [1.82, 2.24) is 5.16 Å². The summed E-state index contributed by atoms with van der Waals surface area (Å²) in [7, 11) is 0. The maximum Gasteiger partial charge on any atom is 0.344 e. The normalized spacial score (nSPS) is 11.4. The quantitative estimate of drug-likeness (QED) is 0.773. The van der Waals surface area contributed by atoms with Gasteiger partial charge in [-0.1, -0.05) is 35.5 Å². The van der Waals surface area contributed by atoms with Crippen molar-refractivity contribution in [1.29, 1.82) is 0 Å². The molecule has 0 N–H and O–H groups in total. The summed E-state index contributed by atoms with van der Waals surface area (Å²) in [6, 6.07) is 9.44. The summed E-state index contributed by atoms with van der Waals surface area (Å²) < 4.78 is 10.5. The average molecular weight is 259 g/mol. The SMILES string of the molecule is Cc1onc(-c2ccccc2)c1C(=O)OC(C)(C)C. The van der Waals surface area contributed by atoms with Crippen LogP contribution in [0.1, 0.15) is 36.9 Å². The fourth-order valence-corrected chi connectivity index (χ4v) is 1.73. The molecule has 0 spiro atoms. The van der Waals surface area contributed by atoms with E-state index in [4.69, 9.17) is 9.26 Å². The van der Waals surface area contributed by atoms with E-state index in [9.17, 15) is 4.79 Å². The first kappa shape index (κ1) is 13.3. The number of rotatable bonds is 2. The second kappa shape index (κ2) is 4.88. The molecule has 100 valence electrons. The maximum atomic E-state index is 12.2. The summed E-state index contributed by atoms with van der Waals surface area (Å²) in [5.41, 5.74) is 1.20.